The summed E-state index contributed by atoms with van der Waals surface area (Å²) in [5.41, 5.74) is 0. The zero-order valence-electron chi connectivity index (χ0n) is 11.1. The van der Waals surface area contributed by atoms with Gasteiger partial charge in [-0.2, -0.15) is 0 Å². The van der Waals surface area contributed by atoms with Gasteiger partial charge in [-0.3, -0.25) is 0 Å². The molecule has 1 aliphatic rings. The van der Waals surface area contributed by atoms with E-state index < -0.39 is 0 Å². The van der Waals surface area contributed by atoms with Crippen LogP contribution in [0.3, 0.4) is 0 Å². The standard InChI is InChI=1S/C13H21FN4/c1-10(2)6-15-9-12-4-3-5-18(12)13-16-7-11(14)8-17-13/h7-8,10,12,15H,3-6,9H2,1-2H3. The molecule has 1 aliphatic heterocycles. The van der Waals surface area contributed by atoms with Gasteiger partial charge in [0.1, 0.15) is 0 Å². The van der Waals surface area contributed by atoms with E-state index in [1.165, 1.54) is 12.4 Å². The SMILES string of the molecule is CC(C)CNCC1CCCN1c1ncc(F)cn1. The predicted molar refractivity (Wildman–Crippen MR) is 70.1 cm³/mol. The summed E-state index contributed by atoms with van der Waals surface area (Å²) in [5.74, 6) is 0.916. The Morgan fingerprint density at radius 2 is 2.17 bits per heavy atom. The van der Waals surface area contributed by atoms with Crippen LogP contribution in [0.25, 0.3) is 0 Å². The number of halogens is 1. The summed E-state index contributed by atoms with van der Waals surface area (Å²) in [4.78, 5) is 10.3. The quantitative estimate of drug-likeness (QED) is 0.868. The molecule has 0 aliphatic carbocycles. The lowest BCUT2D eigenvalue weighted by Gasteiger charge is -2.25. The molecular formula is C13H21FN4. The van der Waals surface area contributed by atoms with Crippen molar-refractivity contribution in [1.82, 2.24) is 15.3 Å². The van der Waals surface area contributed by atoms with Gasteiger partial charge in [-0.05, 0) is 25.3 Å². The minimum Gasteiger partial charge on any atom is -0.337 e. The fourth-order valence-electron chi connectivity index (χ4n) is 2.30. The summed E-state index contributed by atoms with van der Waals surface area (Å²) >= 11 is 0. The fourth-order valence-corrected chi connectivity index (χ4v) is 2.30. The van der Waals surface area contributed by atoms with Gasteiger partial charge in [0.25, 0.3) is 0 Å². The number of aromatic nitrogens is 2. The van der Waals surface area contributed by atoms with E-state index in [2.05, 4.69) is 34.0 Å². The summed E-state index contributed by atoms with van der Waals surface area (Å²) in [6.45, 7) is 7.32. The molecule has 5 heteroatoms. The monoisotopic (exact) mass is 252 g/mol. The molecule has 0 aromatic carbocycles. The topological polar surface area (TPSA) is 41.0 Å². The number of rotatable bonds is 5. The number of anilines is 1. The summed E-state index contributed by atoms with van der Waals surface area (Å²) in [6.07, 6.45) is 4.76. The molecule has 18 heavy (non-hydrogen) atoms. The summed E-state index contributed by atoms with van der Waals surface area (Å²) in [5, 5.41) is 3.47. The van der Waals surface area contributed by atoms with E-state index >= 15 is 0 Å². The van der Waals surface area contributed by atoms with Crippen LogP contribution in [0.15, 0.2) is 12.4 Å². The molecular weight excluding hydrogens is 231 g/mol. The maximum Gasteiger partial charge on any atom is 0.225 e. The molecule has 0 bridgehead atoms. The third kappa shape index (κ3) is 3.38. The second-order valence-corrected chi connectivity index (χ2v) is 5.24. The minimum absolute atomic E-state index is 0.382. The van der Waals surface area contributed by atoms with Gasteiger partial charge in [0.15, 0.2) is 5.82 Å². The Morgan fingerprint density at radius 3 is 2.83 bits per heavy atom. The van der Waals surface area contributed by atoms with Crippen LogP contribution in [-0.2, 0) is 0 Å². The maximum absolute atomic E-state index is 12.8. The van der Waals surface area contributed by atoms with Crippen LogP contribution in [0.2, 0.25) is 0 Å². The Kier molecular flexibility index (Phi) is 4.47. The van der Waals surface area contributed by atoms with Crippen molar-refractivity contribution in [3.8, 4) is 0 Å². The lowest BCUT2D eigenvalue weighted by molar-refractivity contribution is 0.509. The highest BCUT2D eigenvalue weighted by Crippen LogP contribution is 2.21. The van der Waals surface area contributed by atoms with Crippen molar-refractivity contribution < 1.29 is 4.39 Å². The highest BCUT2D eigenvalue weighted by molar-refractivity contribution is 5.32. The lowest BCUT2D eigenvalue weighted by Crippen LogP contribution is -2.39. The van der Waals surface area contributed by atoms with E-state index in [-0.39, 0.29) is 5.82 Å². The predicted octanol–water partition coefficient (Wildman–Crippen LogP) is 1.83. The number of nitrogens with zero attached hydrogens (tertiary/aromatic N) is 3. The first-order valence-corrected chi connectivity index (χ1v) is 6.61. The van der Waals surface area contributed by atoms with E-state index in [1.54, 1.807) is 0 Å². The van der Waals surface area contributed by atoms with Gasteiger partial charge in [0.2, 0.25) is 5.95 Å². The van der Waals surface area contributed by atoms with Gasteiger partial charge in [0.05, 0.1) is 12.4 Å². The van der Waals surface area contributed by atoms with Gasteiger partial charge < -0.3 is 10.2 Å². The first-order valence-electron chi connectivity index (χ1n) is 6.61. The minimum atomic E-state index is -0.382. The Balaban J connectivity index is 1.92. The van der Waals surface area contributed by atoms with E-state index in [9.17, 15) is 4.39 Å². The zero-order valence-corrected chi connectivity index (χ0v) is 11.1. The van der Waals surface area contributed by atoms with Crippen LogP contribution in [0.1, 0.15) is 26.7 Å². The summed E-state index contributed by atoms with van der Waals surface area (Å²) in [7, 11) is 0. The third-order valence-electron chi connectivity index (χ3n) is 3.17. The molecule has 2 heterocycles. The largest absolute Gasteiger partial charge is 0.337 e. The van der Waals surface area contributed by atoms with Crippen LogP contribution in [0.4, 0.5) is 10.3 Å². The van der Waals surface area contributed by atoms with Crippen molar-refractivity contribution >= 4 is 5.95 Å². The normalized spacial score (nSPS) is 19.8. The molecule has 0 spiro atoms. The van der Waals surface area contributed by atoms with Crippen molar-refractivity contribution in [1.29, 1.82) is 0 Å². The lowest BCUT2D eigenvalue weighted by atomic mass is 10.2. The average Bonchev–Trinajstić information content (AvgIpc) is 2.78. The molecule has 1 fully saturated rings. The van der Waals surface area contributed by atoms with Crippen LogP contribution >= 0.6 is 0 Å². The summed E-state index contributed by atoms with van der Waals surface area (Å²) in [6, 6.07) is 0.425. The van der Waals surface area contributed by atoms with Gasteiger partial charge in [-0.25, -0.2) is 14.4 Å². The van der Waals surface area contributed by atoms with Gasteiger partial charge >= 0.3 is 0 Å². The van der Waals surface area contributed by atoms with Gasteiger partial charge in [-0.1, -0.05) is 13.8 Å². The van der Waals surface area contributed by atoms with Crippen LogP contribution in [-0.4, -0.2) is 35.6 Å². The highest BCUT2D eigenvalue weighted by Gasteiger charge is 2.26. The van der Waals surface area contributed by atoms with Crippen molar-refractivity contribution in [3.63, 3.8) is 0 Å². The zero-order chi connectivity index (χ0) is 13.0. The van der Waals surface area contributed by atoms with Gasteiger partial charge in [0, 0.05) is 19.1 Å². The molecule has 0 amide bonds. The van der Waals surface area contributed by atoms with Crippen LogP contribution < -0.4 is 10.2 Å². The fraction of sp³-hybridized carbons (Fsp3) is 0.692. The third-order valence-corrected chi connectivity index (χ3v) is 3.17. The number of hydrogen-bond donors (Lipinski definition) is 1. The Hall–Kier alpha value is -1.23. The molecule has 100 valence electrons. The van der Waals surface area contributed by atoms with Crippen molar-refractivity contribution in [3.05, 3.63) is 18.2 Å². The second-order valence-electron chi connectivity index (χ2n) is 5.24. The van der Waals surface area contributed by atoms with E-state index in [1.807, 2.05) is 0 Å². The Morgan fingerprint density at radius 1 is 1.44 bits per heavy atom. The molecule has 1 saturated heterocycles. The number of nitrogens with one attached hydrogen (secondary N) is 1. The molecule has 2 rings (SSSR count). The van der Waals surface area contributed by atoms with Crippen molar-refractivity contribution in [2.75, 3.05) is 24.5 Å². The van der Waals surface area contributed by atoms with E-state index in [4.69, 9.17) is 0 Å². The molecule has 0 radical (unpaired) electrons. The first-order chi connectivity index (χ1) is 8.66. The highest BCUT2D eigenvalue weighted by atomic mass is 19.1. The molecule has 4 nitrogen and oxygen atoms in total. The molecule has 0 saturated carbocycles. The van der Waals surface area contributed by atoms with Crippen molar-refractivity contribution in [2.24, 2.45) is 5.92 Å². The molecule has 1 unspecified atom stereocenters. The van der Waals surface area contributed by atoms with E-state index in [0.29, 0.717) is 17.9 Å². The van der Waals surface area contributed by atoms with Crippen molar-refractivity contribution in [2.45, 2.75) is 32.7 Å². The molecule has 1 aromatic heterocycles. The first kappa shape index (κ1) is 13.2. The van der Waals surface area contributed by atoms with Crippen LogP contribution in [0, 0.1) is 11.7 Å². The van der Waals surface area contributed by atoms with Crippen LogP contribution in [0.5, 0.6) is 0 Å². The Bertz CT molecular complexity index is 366. The number of hydrogen-bond acceptors (Lipinski definition) is 4. The smallest absolute Gasteiger partial charge is 0.225 e. The molecule has 1 aromatic rings. The molecule has 1 N–H and O–H groups in total. The average molecular weight is 252 g/mol. The van der Waals surface area contributed by atoms with Gasteiger partial charge in [-0.15, -0.1) is 0 Å². The molecule has 1 atom stereocenters. The van der Waals surface area contributed by atoms with E-state index in [0.717, 1.165) is 32.5 Å². The maximum atomic E-state index is 12.8. The second kappa shape index (κ2) is 6.09. The summed E-state index contributed by atoms with van der Waals surface area (Å²) < 4.78 is 12.8. The Labute approximate surface area is 108 Å².